The molecule has 1 N–H and O–H groups in total. The summed E-state index contributed by atoms with van der Waals surface area (Å²) < 4.78 is 5.83. The van der Waals surface area contributed by atoms with Gasteiger partial charge < -0.3 is 9.32 Å². The molecule has 3 aliphatic rings. The number of nitrogens with one attached hydrogen (secondary N) is 1. The summed E-state index contributed by atoms with van der Waals surface area (Å²) in [4.78, 5) is 2.33. The summed E-state index contributed by atoms with van der Waals surface area (Å²) in [5.74, 6) is 4.15. The Hall–Kier alpha value is -1.98. The molecule has 6 nitrogen and oxygen atoms in total. The van der Waals surface area contributed by atoms with E-state index < -0.39 is 0 Å². The summed E-state index contributed by atoms with van der Waals surface area (Å²) in [7, 11) is 0. The van der Waals surface area contributed by atoms with Crippen LogP contribution < -0.4 is 10.3 Å². The lowest BCUT2D eigenvalue weighted by molar-refractivity contribution is 0.248. The zero-order chi connectivity index (χ0) is 13.9. The maximum absolute atomic E-state index is 5.83. The first-order chi connectivity index (χ1) is 9.72. The van der Waals surface area contributed by atoms with E-state index in [0.29, 0.717) is 6.04 Å². The average molecular weight is 273 g/mol. The summed E-state index contributed by atoms with van der Waals surface area (Å²) in [5, 5.41) is 11.3. The molecule has 0 fully saturated rings. The second kappa shape index (κ2) is 4.01. The molecule has 4 rings (SSSR count). The largest absolute Gasteiger partial charge is 0.464 e. The van der Waals surface area contributed by atoms with Gasteiger partial charge in [0.05, 0.1) is 11.7 Å². The highest BCUT2D eigenvalue weighted by molar-refractivity contribution is 6.02. The lowest BCUT2D eigenvalue weighted by Crippen LogP contribution is -2.58. The molecule has 6 heteroatoms. The predicted octanol–water partition coefficient (Wildman–Crippen LogP) is 2.01. The molecule has 1 aromatic rings. The topological polar surface area (TPSA) is 56.4 Å². The van der Waals surface area contributed by atoms with E-state index in [2.05, 4.69) is 40.3 Å². The fourth-order valence-corrected chi connectivity index (χ4v) is 3.37. The molecule has 3 aliphatic heterocycles. The average Bonchev–Trinajstić information content (AvgIpc) is 3.08. The molecule has 0 aliphatic carbocycles. The van der Waals surface area contributed by atoms with E-state index in [1.54, 1.807) is 0 Å². The van der Waals surface area contributed by atoms with Crippen molar-refractivity contribution in [3.8, 4) is 0 Å². The van der Waals surface area contributed by atoms with Gasteiger partial charge in [-0.15, -0.1) is 0 Å². The van der Waals surface area contributed by atoms with Crippen molar-refractivity contribution >= 4 is 17.4 Å². The Kier molecular flexibility index (Phi) is 2.37. The number of amidine groups is 2. The highest BCUT2D eigenvalue weighted by Crippen LogP contribution is 2.40. The molecular formula is C14H19N5O. The highest BCUT2D eigenvalue weighted by Gasteiger charge is 2.47. The van der Waals surface area contributed by atoms with Crippen molar-refractivity contribution in [1.29, 1.82) is 0 Å². The molecule has 2 atom stereocenters. The van der Waals surface area contributed by atoms with Crippen LogP contribution in [0.3, 0.4) is 0 Å². The minimum absolute atomic E-state index is 0.114. The van der Waals surface area contributed by atoms with Crippen LogP contribution >= 0.6 is 0 Å². The van der Waals surface area contributed by atoms with Gasteiger partial charge in [-0.3, -0.25) is 5.43 Å². The van der Waals surface area contributed by atoms with Crippen LogP contribution in [0.4, 0.5) is 5.69 Å². The van der Waals surface area contributed by atoms with E-state index in [1.165, 1.54) is 5.69 Å². The van der Waals surface area contributed by atoms with Crippen LogP contribution in [-0.4, -0.2) is 28.9 Å². The van der Waals surface area contributed by atoms with Crippen LogP contribution in [-0.2, 0) is 6.42 Å². The molecule has 0 spiro atoms. The molecule has 106 valence electrons. The molecular weight excluding hydrogens is 254 g/mol. The van der Waals surface area contributed by atoms with Crippen molar-refractivity contribution in [3.05, 3.63) is 17.6 Å². The molecule has 0 amide bonds. The third-order valence-electron chi connectivity index (χ3n) is 4.25. The molecule has 0 saturated heterocycles. The normalized spacial score (nSPS) is 26.8. The van der Waals surface area contributed by atoms with Gasteiger partial charge in [-0.05, 0) is 6.92 Å². The van der Waals surface area contributed by atoms with E-state index in [9.17, 15) is 0 Å². The number of hydrogen-bond donors (Lipinski definition) is 1. The Balaban J connectivity index is 1.78. The maximum Gasteiger partial charge on any atom is 0.159 e. The lowest BCUT2D eigenvalue weighted by Gasteiger charge is -2.39. The first-order valence-electron chi connectivity index (χ1n) is 7.30. The number of rotatable bonds is 2. The quantitative estimate of drug-likeness (QED) is 0.895. The number of hydrogen-bond acceptors (Lipinski definition) is 6. The Bertz CT molecular complexity index is 617. The number of aryl methyl sites for hydroxylation is 1. The summed E-state index contributed by atoms with van der Waals surface area (Å²) in [6.07, 6.45) is 2.81. The molecule has 0 aromatic carbocycles. The standard InChI is InChI=1S/C14H19N5O/c1-4-12-15-16-14-10-7-11-9(6-8(3)20-11)18(10)13(5-2)17-19(12)14/h6,10,14,16H,4-5,7H2,1-3H3. The van der Waals surface area contributed by atoms with Gasteiger partial charge in [-0.1, -0.05) is 13.8 Å². The Morgan fingerprint density at radius 3 is 2.90 bits per heavy atom. The number of anilines is 1. The van der Waals surface area contributed by atoms with Crippen molar-refractivity contribution in [1.82, 2.24) is 10.4 Å². The van der Waals surface area contributed by atoms with Crippen LogP contribution in [0.1, 0.15) is 38.2 Å². The second-order valence-electron chi connectivity index (χ2n) is 5.48. The van der Waals surface area contributed by atoms with Gasteiger partial charge in [-0.2, -0.15) is 10.2 Å². The minimum Gasteiger partial charge on any atom is -0.464 e. The van der Waals surface area contributed by atoms with Gasteiger partial charge in [0.1, 0.15) is 23.2 Å². The fraction of sp³-hybridized carbons (Fsp3) is 0.571. The molecule has 0 bridgehead atoms. The van der Waals surface area contributed by atoms with Crippen LogP contribution in [0.2, 0.25) is 0 Å². The Labute approximate surface area is 118 Å². The van der Waals surface area contributed by atoms with E-state index in [-0.39, 0.29) is 6.17 Å². The van der Waals surface area contributed by atoms with Gasteiger partial charge >= 0.3 is 0 Å². The molecule has 0 saturated carbocycles. The van der Waals surface area contributed by atoms with E-state index in [1.807, 2.05) is 6.92 Å². The van der Waals surface area contributed by atoms with Gasteiger partial charge in [0, 0.05) is 25.3 Å². The minimum atomic E-state index is 0.114. The predicted molar refractivity (Wildman–Crippen MR) is 77.6 cm³/mol. The Morgan fingerprint density at radius 2 is 2.15 bits per heavy atom. The third kappa shape index (κ3) is 1.39. The molecule has 0 radical (unpaired) electrons. The van der Waals surface area contributed by atoms with Crippen LogP contribution in [0, 0.1) is 6.92 Å². The van der Waals surface area contributed by atoms with Gasteiger partial charge in [0.15, 0.2) is 6.17 Å². The van der Waals surface area contributed by atoms with Crippen LogP contribution in [0.15, 0.2) is 20.7 Å². The van der Waals surface area contributed by atoms with Gasteiger partial charge in [0.25, 0.3) is 0 Å². The first-order valence-corrected chi connectivity index (χ1v) is 7.30. The highest BCUT2D eigenvalue weighted by atomic mass is 16.3. The molecule has 1 aromatic heterocycles. The van der Waals surface area contributed by atoms with Gasteiger partial charge in [-0.25, -0.2) is 5.01 Å². The second-order valence-corrected chi connectivity index (χ2v) is 5.48. The number of furan rings is 1. The fourth-order valence-electron chi connectivity index (χ4n) is 3.37. The molecule has 2 unspecified atom stereocenters. The van der Waals surface area contributed by atoms with Crippen molar-refractivity contribution in [2.24, 2.45) is 10.2 Å². The number of hydrazone groups is 2. The van der Waals surface area contributed by atoms with E-state index >= 15 is 0 Å². The number of nitrogens with zero attached hydrogens (tertiary/aromatic N) is 4. The monoisotopic (exact) mass is 273 g/mol. The zero-order valence-corrected chi connectivity index (χ0v) is 12.1. The van der Waals surface area contributed by atoms with Crippen molar-refractivity contribution in [2.45, 2.75) is 52.2 Å². The third-order valence-corrected chi connectivity index (χ3v) is 4.25. The SMILES string of the molecule is CCC1=NNC2C3Cc4oc(C)cc4N3C(CC)=NN12. The summed E-state index contributed by atoms with van der Waals surface area (Å²) in [6, 6.07) is 2.43. The first kappa shape index (κ1) is 11.8. The molecule has 20 heavy (non-hydrogen) atoms. The van der Waals surface area contributed by atoms with Crippen LogP contribution in [0.5, 0.6) is 0 Å². The number of fused-ring (bicyclic) bond motifs is 5. The summed E-state index contributed by atoms with van der Waals surface area (Å²) >= 11 is 0. The summed E-state index contributed by atoms with van der Waals surface area (Å²) in [5.41, 5.74) is 4.42. The van der Waals surface area contributed by atoms with Crippen molar-refractivity contribution < 1.29 is 4.42 Å². The van der Waals surface area contributed by atoms with Crippen molar-refractivity contribution in [2.75, 3.05) is 4.90 Å². The zero-order valence-electron chi connectivity index (χ0n) is 12.1. The van der Waals surface area contributed by atoms with Crippen molar-refractivity contribution in [3.63, 3.8) is 0 Å². The maximum atomic E-state index is 5.83. The molecule has 4 heterocycles. The van der Waals surface area contributed by atoms with Crippen LogP contribution in [0.25, 0.3) is 0 Å². The summed E-state index contributed by atoms with van der Waals surface area (Å²) in [6.45, 7) is 6.25. The lowest BCUT2D eigenvalue weighted by atomic mass is 10.1. The Morgan fingerprint density at radius 1 is 1.35 bits per heavy atom. The smallest absolute Gasteiger partial charge is 0.159 e. The van der Waals surface area contributed by atoms with Gasteiger partial charge in [0.2, 0.25) is 0 Å². The van der Waals surface area contributed by atoms with E-state index in [0.717, 1.165) is 42.5 Å². The van der Waals surface area contributed by atoms with E-state index in [4.69, 9.17) is 9.52 Å².